The van der Waals surface area contributed by atoms with E-state index in [4.69, 9.17) is 17.0 Å². The van der Waals surface area contributed by atoms with Crippen molar-refractivity contribution in [3.05, 3.63) is 60.2 Å². The fraction of sp³-hybridized carbons (Fsp3) is 0.263. The summed E-state index contributed by atoms with van der Waals surface area (Å²) in [6.45, 7) is 4.11. The number of thiocarbonyl (C=S) groups is 1. The molecule has 0 aromatic heterocycles. The molecule has 2 aromatic rings. The highest BCUT2D eigenvalue weighted by molar-refractivity contribution is 7.80. The third-order valence-corrected chi connectivity index (χ3v) is 3.69. The Hall–Kier alpha value is -2.40. The van der Waals surface area contributed by atoms with E-state index in [2.05, 4.69) is 17.6 Å². The third-order valence-electron chi connectivity index (χ3n) is 3.48. The zero-order chi connectivity index (χ0) is 17.4. The van der Waals surface area contributed by atoms with E-state index in [1.54, 1.807) is 0 Å². The van der Waals surface area contributed by atoms with Gasteiger partial charge in [0.25, 0.3) is 0 Å². The summed E-state index contributed by atoms with van der Waals surface area (Å²) in [5.41, 5.74) is 1.75. The summed E-state index contributed by atoms with van der Waals surface area (Å²) in [6, 6.07) is 17.0. The van der Waals surface area contributed by atoms with Crippen molar-refractivity contribution in [2.75, 3.05) is 5.32 Å². The number of ether oxygens (including phenoxy) is 1. The van der Waals surface area contributed by atoms with Crippen LogP contribution in [0, 0.1) is 0 Å². The number of carbonyl (C=O) groups excluding carboxylic acids is 1. The highest BCUT2D eigenvalue weighted by Gasteiger charge is 2.06. The second-order valence-corrected chi connectivity index (χ2v) is 5.93. The lowest BCUT2D eigenvalue weighted by Crippen LogP contribution is -2.35. The number of carbonyl (C=O) groups is 1. The summed E-state index contributed by atoms with van der Waals surface area (Å²) in [7, 11) is 0. The molecule has 2 aromatic carbocycles. The van der Waals surface area contributed by atoms with E-state index >= 15 is 0 Å². The molecule has 24 heavy (non-hydrogen) atoms. The van der Waals surface area contributed by atoms with E-state index in [0.717, 1.165) is 23.4 Å². The van der Waals surface area contributed by atoms with E-state index in [1.165, 1.54) is 0 Å². The smallest absolute Gasteiger partial charge is 0.230 e. The minimum absolute atomic E-state index is 0.143. The molecule has 1 atom stereocenters. The minimum Gasteiger partial charge on any atom is -0.491 e. The lowest BCUT2D eigenvalue weighted by Gasteiger charge is -2.13. The monoisotopic (exact) mass is 342 g/mol. The summed E-state index contributed by atoms with van der Waals surface area (Å²) >= 11 is 5.18. The lowest BCUT2D eigenvalue weighted by atomic mass is 10.1. The molecule has 0 bridgehead atoms. The molecule has 0 heterocycles. The fourth-order valence-electron chi connectivity index (χ4n) is 2.05. The maximum absolute atomic E-state index is 12.0. The van der Waals surface area contributed by atoms with Crippen LogP contribution in [0.5, 0.6) is 5.75 Å². The molecular weight excluding hydrogens is 320 g/mol. The zero-order valence-corrected chi connectivity index (χ0v) is 14.7. The molecular formula is C19H22N2O2S. The molecule has 0 spiro atoms. The highest BCUT2D eigenvalue weighted by Crippen LogP contribution is 2.17. The number of benzene rings is 2. The Balaban J connectivity index is 1.82. The van der Waals surface area contributed by atoms with E-state index in [-0.39, 0.29) is 17.1 Å². The maximum Gasteiger partial charge on any atom is 0.230 e. The van der Waals surface area contributed by atoms with Crippen molar-refractivity contribution in [3.8, 4) is 5.75 Å². The van der Waals surface area contributed by atoms with Crippen molar-refractivity contribution in [2.24, 2.45) is 0 Å². The van der Waals surface area contributed by atoms with Crippen molar-refractivity contribution in [2.45, 2.75) is 32.8 Å². The van der Waals surface area contributed by atoms with Gasteiger partial charge in [0.05, 0.1) is 12.5 Å². The van der Waals surface area contributed by atoms with Crippen LogP contribution in [-0.4, -0.2) is 17.1 Å². The normalized spacial score (nSPS) is 11.4. The Morgan fingerprint density at radius 1 is 1.12 bits per heavy atom. The van der Waals surface area contributed by atoms with Gasteiger partial charge >= 0.3 is 0 Å². The van der Waals surface area contributed by atoms with Crippen LogP contribution in [0.15, 0.2) is 54.6 Å². The molecule has 126 valence electrons. The Kier molecular flexibility index (Phi) is 6.75. The van der Waals surface area contributed by atoms with Crippen LogP contribution < -0.4 is 15.4 Å². The Morgan fingerprint density at radius 3 is 2.42 bits per heavy atom. The summed E-state index contributed by atoms with van der Waals surface area (Å²) in [5.74, 6) is 0.671. The average molecular weight is 342 g/mol. The van der Waals surface area contributed by atoms with Gasteiger partial charge < -0.3 is 15.4 Å². The summed E-state index contributed by atoms with van der Waals surface area (Å²) < 4.78 is 5.72. The number of rotatable bonds is 6. The van der Waals surface area contributed by atoms with Crippen molar-refractivity contribution >= 4 is 28.9 Å². The molecule has 1 amide bonds. The molecule has 5 heteroatoms. The maximum atomic E-state index is 12.0. The van der Waals surface area contributed by atoms with Crippen molar-refractivity contribution in [1.29, 1.82) is 0 Å². The standard InChI is InChI=1S/C19H22N2O2S/c1-3-14(2)23-17-11-9-16(10-12-17)20-19(24)21-18(22)13-15-7-5-4-6-8-15/h4-12,14H,3,13H2,1-2H3,(H2,20,21,22,24). The van der Waals surface area contributed by atoms with E-state index in [9.17, 15) is 4.79 Å². The van der Waals surface area contributed by atoms with Crippen LogP contribution in [-0.2, 0) is 11.2 Å². The topological polar surface area (TPSA) is 50.4 Å². The predicted molar refractivity (Wildman–Crippen MR) is 101 cm³/mol. The highest BCUT2D eigenvalue weighted by atomic mass is 32.1. The van der Waals surface area contributed by atoms with Gasteiger partial charge in [-0.2, -0.15) is 0 Å². The lowest BCUT2D eigenvalue weighted by molar-refractivity contribution is -0.119. The van der Waals surface area contributed by atoms with Crippen LogP contribution in [0.4, 0.5) is 5.69 Å². The predicted octanol–water partition coefficient (Wildman–Crippen LogP) is 3.92. The van der Waals surface area contributed by atoms with Crippen molar-refractivity contribution in [3.63, 3.8) is 0 Å². The van der Waals surface area contributed by atoms with Gasteiger partial charge in [-0.3, -0.25) is 4.79 Å². The second kappa shape index (κ2) is 9.03. The van der Waals surface area contributed by atoms with Gasteiger partial charge in [-0.05, 0) is 55.4 Å². The summed E-state index contributed by atoms with van der Waals surface area (Å²) in [6.07, 6.45) is 1.43. The molecule has 0 saturated carbocycles. The Bertz CT molecular complexity index is 672. The number of hydrogen-bond acceptors (Lipinski definition) is 3. The van der Waals surface area contributed by atoms with Crippen LogP contribution in [0.25, 0.3) is 0 Å². The molecule has 0 radical (unpaired) electrons. The molecule has 0 aliphatic rings. The fourth-order valence-corrected chi connectivity index (χ4v) is 2.28. The first kappa shape index (κ1) is 17.9. The van der Waals surface area contributed by atoms with Crippen LogP contribution >= 0.6 is 12.2 Å². The van der Waals surface area contributed by atoms with Gasteiger partial charge in [-0.25, -0.2) is 0 Å². The van der Waals surface area contributed by atoms with E-state index in [1.807, 2.05) is 61.5 Å². The van der Waals surface area contributed by atoms with Gasteiger partial charge in [0.15, 0.2) is 5.11 Å². The average Bonchev–Trinajstić information content (AvgIpc) is 2.57. The number of amides is 1. The molecule has 0 aliphatic heterocycles. The molecule has 0 aliphatic carbocycles. The molecule has 1 unspecified atom stereocenters. The second-order valence-electron chi connectivity index (χ2n) is 5.53. The molecule has 2 rings (SSSR count). The number of anilines is 1. The SMILES string of the molecule is CCC(C)Oc1ccc(NC(=S)NC(=O)Cc2ccccc2)cc1. The largest absolute Gasteiger partial charge is 0.491 e. The first-order valence-electron chi connectivity index (χ1n) is 7.98. The van der Waals surface area contributed by atoms with Gasteiger partial charge in [0.2, 0.25) is 5.91 Å². The molecule has 0 saturated heterocycles. The third kappa shape index (κ3) is 6.01. The minimum atomic E-state index is -0.143. The first-order chi connectivity index (χ1) is 11.6. The van der Waals surface area contributed by atoms with E-state index in [0.29, 0.717) is 6.42 Å². The first-order valence-corrected chi connectivity index (χ1v) is 8.39. The van der Waals surface area contributed by atoms with E-state index < -0.39 is 0 Å². The number of nitrogens with one attached hydrogen (secondary N) is 2. The van der Waals surface area contributed by atoms with Gasteiger partial charge in [0, 0.05) is 5.69 Å². The van der Waals surface area contributed by atoms with Crippen LogP contribution in [0.2, 0.25) is 0 Å². The molecule has 2 N–H and O–H groups in total. The Morgan fingerprint density at radius 2 is 1.79 bits per heavy atom. The van der Waals surface area contributed by atoms with Crippen LogP contribution in [0.1, 0.15) is 25.8 Å². The molecule has 4 nitrogen and oxygen atoms in total. The summed E-state index contributed by atoms with van der Waals surface area (Å²) in [5, 5.41) is 5.96. The van der Waals surface area contributed by atoms with Crippen molar-refractivity contribution < 1.29 is 9.53 Å². The van der Waals surface area contributed by atoms with Gasteiger partial charge in [-0.15, -0.1) is 0 Å². The zero-order valence-electron chi connectivity index (χ0n) is 13.9. The summed E-state index contributed by atoms with van der Waals surface area (Å²) in [4.78, 5) is 12.0. The van der Waals surface area contributed by atoms with Gasteiger partial charge in [-0.1, -0.05) is 37.3 Å². The quantitative estimate of drug-likeness (QED) is 0.781. The van der Waals surface area contributed by atoms with Gasteiger partial charge in [0.1, 0.15) is 5.75 Å². The van der Waals surface area contributed by atoms with Crippen LogP contribution in [0.3, 0.4) is 0 Å². The molecule has 0 fully saturated rings. The Labute approximate surface area is 148 Å². The van der Waals surface area contributed by atoms with Crippen molar-refractivity contribution in [1.82, 2.24) is 5.32 Å². The number of hydrogen-bond donors (Lipinski definition) is 2.